The largest absolute Gasteiger partial charge is 0.281 e. The summed E-state index contributed by atoms with van der Waals surface area (Å²) in [5.41, 5.74) is 3.36. The van der Waals surface area contributed by atoms with Crippen molar-refractivity contribution in [2.45, 2.75) is 20.8 Å². The summed E-state index contributed by atoms with van der Waals surface area (Å²) in [6.07, 6.45) is 1.62. The number of rotatable bonds is 2. The van der Waals surface area contributed by atoms with Crippen LogP contribution in [0.2, 0.25) is 0 Å². The Morgan fingerprint density at radius 1 is 1.32 bits per heavy atom. The molecule has 3 aromatic rings. The van der Waals surface area contributed by atoms with Crippen molar-refractivity contribution in [1.29, 1.82) is 0 Å². The molecule has 0 bridgehead atoms. The molecule has 1 amide bonds. The number of carbonyl (C=O) groups is 1. The minimum Gasteiger partial charge on any atom is -0.275 e. The summed E-state index contributed by atoms with van der Waals surface area (Å²) in [6.45, 7) is 5.35. The quantitative estimate of drug-likeness (QED) is 0.776. The van der Waals surface area contributed by atoms with Crippen LogP contribution in [0.25, 0.3) is 10.2 Å². The first-order chi connectivity index (χ1) is 10.4. The minimum atomic E-state index is -0.385. The molecule has 114 valence electrons. The average Bonchev–Trinajstić information content (AvgIpc) is 2.96. The monoisotopic (exact) mass is 317 g/mol. The van der Waals surface area contributed by atoms with E-state index in [-0.39, 0.29) is 11.5 Å². The highest BCUT2D eigenvalue weighted by molar-refractivity contribution is 7.18. The van der Waals surface area contributed by atoms with Gasteiger partial charge in [-0.2, -0.15) is 5.10 Å². The van der Waals surface area contributed by atoms with Gasteiger partial charge in [0.2, 0.25) is 0 Å². The van der Waals surface area contributed by atoms with Crippen LogP contribution in [0.4, 0.5) is 0 Å². The number of aromatic nitrogens is 4. The lowest BCUT2D eigenvalue weighted by Gasteiger charge is -2.10. The van der Waals surface area contributed by atoms with E-state index in [2.05, 4.69) is 15.5 Å². The lowest BCUT2D eigenvalue weighted by Crippen LogP contribution is -2.35. The maximum atomic E-state index is 12.5. The van der Waals surface area contributed by atoms with Crippen LogP contribution >= 0.6 is 11.3 Å². The van der Waals surface area contributed by atoms with Gasteiger partial charge in [0.05, 0.1) is 16.6 Å². The Morgan fingerprint density at radius 2 is 2.05 bits per heavy atom. The molecule has 22 heavy (non-hydrogen) atoms. The van der Waals surface area contributed by atoms with Crippen LogP contribution in [0.5, 0.6) is 0 Å². The number of nitrogens with zero attached hydrogens (tertiary/aromatic N) is 4. The van der Waals surface area contributed by atoms with Gasteiger partial charge in [-0.25, -0.2) is 9.66 Å². The molecule has 0 aliphatic rings. The number of carbonyl (C=O) groups excluding carboxylic acids is 1. The second-order valence-electron chi connectivity index (χ2n) is 5.12. The summed E-state index contributed by atoms with van der Waals surface area (Å²) in [7, 11) is 1.74. The number of amides is 1. The molecule has 0 unspecified atom stereocenters. The van der Waals surface area contributed by atoms with Gasteiger partial charge in [-0.1, -0.05) is 0 Å². The van der Waals surface area contributed by atoms with Gasteiger partial charge in [0.1, 0.15) is 10.7 Å². The molecule has 0 aliphatic heterocycles. The molecule has 0 saturated heterocycles. The Hall–Kier alpha value is -2.48. The van der Waals surface area contributed by atoms with Crippen molar-refractivity contribution in [3.8, 4) is 0 Å². The van der Waals surface area contributed by atoms with Crippen LogP contribution < -0.4 is 11.0 Å². The summed E-state index contributed by atoms with van der Waals surface area (Å²) in [6, 6.07) is 1.78. The molecule has 3 aromatic heterocycles. The van der Waals surface area contributed by atoms with Crippen molar-refractivity contribution in [3.05, 3.63) is 44.6 Å². The predicted octanol–water partition coefficient (Wildman–Crippen LogP) is 1.50. The van der Waals surface area contributed by atoms with Crippen molar-refractivity contribution in [2.75, 3.05) is 5.43 Å². The molecule has 0 atom stereocenters. The van der Waals surface area contributed by atoms with E-state index in [4.69, 9.17) is 0 Å². The molecule has 0 aliphatic carbocycles. The summed E-state index contributed by atoms with van der Waals surface area (Å²) in [5, 5.41) is 4.64. The number of fused-ring (bicyclic) bond motifs is 1. The van der Waals surface area contributed by atoms with Crippen LogP contribution in [0.1, 0.15) is 26.8 Å². The van der Waals surface area contributed by atoms with Gasteiger partial charge in [-0.15, -0.1) is 11.3 Å². The van der Waals surface area contributed by atoms with Crippen molar-refractivity contribution in [1.82, 2.24) is 19.4 Å². The highest BCUT2D eigenvalue weighted by atomic mass is 32.1. The average molecular weight is 317 g/mol. The molecule has 1 N–H and O–H groups in total. The van der Waals surface area contributed by atoms with Crippen molar-refractivity contribution in [3.63, 3.8) is 0 Å². The second kappa shape index (κ2) is 5.06. The Labute approximate surface area is 130 Å². The maximum absolute atomic E-state index is 12.5. The van der Waals surface area contributed by atoms with E-state index in [1.54, 1.807) is 37.8 Å². The number of thiophene rings is 1. The van der Waals surface area contributed by atoms with Crippen LogP contribution in [0, 0.1) is 20.8 Å². The predicted molar refractivity (Wildman–Crippen MR) is 85.0 cm³/mol. The Bertz CT molecular complexity index is 950. The highest BCUT2D eigenvalue weighted by Crippen LogP contribution is 2.20. The fourth-order valence-corrected chi connectivity index (χ4v) is 3.23. The third-order valence-corrected chi connectivity index (χ3v) is 4.27. The van der Waals surface area contributed by atoms with Crippen LogP contribution in [0.3, 0.4) is 0 Å². The lowest BCUT2D eigenvalue weighted by atomic mass is 10.2. The smallest absolute Gasteiger partial charge is 0.275 e. The van der Waals surface area contributed by atoms with Gasteiger partial charge >= 0.3 is 0 Å². The van der Waals surface area contributed by atoms with E-state index >= 15 is 0 Å². The zero-order chi connectivity index (χ0) is 16.0. The van der Waals surface area contributed by atoms with Crippen LogP contribution in [-0.2, 0) is 7.05 Å². The molecule has 0 aromatic carbocycles. The van der Waals surface area contributed by atoms with E-state index in [1.807, 2.05) is 6.92 Å². The highest BCUT2D eigenvalue weighted by Gasteiger charge is 2.16. The SMILES string of the molecule is Cc1cc2c(=O)n(NC(=O)c3cn(C)nc3C)c(C)nc2s1. The minimum absolute atomic E-state index is 0.276. The normalized spacial score (nSPS) is 11.1. The van der Waals surface area contributed by atoms with Gasteiger partial charge in [-0.3, -0.25) is 19.7 Å². The Kier molecular flexibility index (Phi) is 3.32. The van der Waals surface area contributed by atoms with Gasteiger partial charge < -0.3 is 0 Å². The maximum Gasteiger partial charge on any atom is 0.281 e. The summed E-state index contributed by atoms with van der Waals surface area (Å²) in [4.78, 5) is 30.9. The van der Waals surface area contributed by atoms with Crippen LogP contribution in [-0.4, -0.2) is 25.3 Å². The molecule has 3 heterocycles. The Morgan fingerprint density at radius 3 is 2.68 bits per heavy atom. The number of hydrogen-bond donors (Lipinski definition) is 1. The molecule has 0 fully saturated rings. The molecular weight excluding hydrogens is 302 g/mol. The summed E-state index contributed by atoms with van der Waals surface area (Å²) >= 11 is 1.46. The van der Waals surface area contributed by atoms with Gasteiger partial charge in [-0.05, 0) is 26.8 Å². The van der Waals surface area contributed by atoms with E-state index in [0.29, 0.717) is 27.3 Å². The van der Waals surface area contributed by atoms with E-state index in [1.165, 1.54) is 16.0 Å². The fourth-order valence-electron chi connectivity index (χ4n) is 2.32. The summed E-state index contributed by atoms with van der Waals surface area (Å²) in [5.74, 6) is 0.0538. The molecule has 7 nitrogen and oxygen atoms in total. The first-order valence-electron chi connectivity index (χ1n) is 6.68. The summed E-state index contributed by atoms with van der Waals surface area (Å²) < 4.78 is 2.74. The van der Waals surface area contributed by atoms with Gasteiger partial charge in [0, 0.05) is 18.1 Å². The van der Waals surface area contributed by atoms with E-state index in [9.17, 15) is 9.59 Å². The molecular formula is C14H15N5O2S. The Balaban J connectivity index is 2.05. The standard InChI is InChI=1S/C14H15N5O2S/c1-7-5-10-13(22-7)15-9(3)19(14(10)21)17-12(20)11-6-18(4)16-8(11)2/h5-6H,1-4H3,(H,17,20). The van der Waals surface area contributed by atoms with E-state index < -0.39 is 0 Å². The fraction of sp³-hybridized carbons (Fsp3) is 0.286. The zero-order valence-corrected chi connectivity index (χ0v) is 13.5. The molecule has 8 heteroatoms. The zero-order valence-electron chi connectivity index (χ0n) is 12.7. The molecule has 0 spiro atoms. The third-order valence-electron chi connectivity index (χ3n) is 3.33. The first-order valence-corrected chi connectivity index (χ1v) is 7.50. The number of hydrogen-bond acceptors (Lipinski definition) is 5. The number of aryl methyl sites for hydroxylation is 4. The third kappa shape index (κ3) is 2.31. The topological polar surface area (TPSA) is 81.8 Å². The molecule has 0 radical (unpaired) electrons. The lowest BCUT2D eigenvalue weighted by molar-refractivity contribution is 0.101. The van der Waals surface area contributed by atoms with Crippen molar-refractivity contribution in [2.24, 2.45) is 7.05 Å². The van der Waals surface area contributed by atoms with Crippen molar-refractivity contribution >= 4 is 27.5 Å². The second-order valence-corrected chi connectivity index (χ2v) is 6.35. The molecule has 0 saturated carbocycles. The number of nitrogens with one attached hydrogen (secondary N) is 1. The van der Waals surface area contributed by atoms with Crippen molar-refractivity contribution < 1.29 is 4.79 Å². The molecule has 3 rings (SSSR count). The van der Waals surface area contributed by atoms with Gasteiger partial charge in [0.15, 0.2) is 0 Å². The van der Waals surface area contributed by atoms with Crippen LogP contribution in [0.15, 0.2) is 17.1 Å². The van der Waals surface area contributed by atoms with Gasteiger partial charge in [0.25, 0.3) is 11.5 Å². The van der Waals surface area contributed by atoms with E-state index in [0.717, 1.165) is 4.88 Å². The first kappa shape index (κ1) is 14.5.